The Hall–Kier alpha value is -2.04. The molecule has 0 saturated carbocycles. The molecule has 2 rings (SSSR count). The van der Waals surface area contributed by atoms with E-state index in [0.717, 1.165) is 6.42 Å². The molecule has 0 aromatic heterocycles. The molecule has 0 bridgehead atoms. The topological polar surface area (TPSA) is 64.6 Å². The molecule has 5 heteroatoms. The van der Waals surface area contributed by atoms with Gasteiger partial charge in [-0.3, -0.25) is 9.59 Å². The molecule has 1 aromatic carbocycles. The second kappa shape index (κ2) is 4.91. The highest BCUT2D eigenvalue weighted by molar-refractivity contribution is 6.01. The summed E-state index contributed by atoms with van der Waals surface area (Å²) in [5, 5.41) is 2.74. The SMILES string of the molecule is CCCOc1cc(C=O)cc2c1OC(C)(C)C(=O)N2. The van der Waals surface area contributed by atoms with Crippen molar-refractivity contribution in [1.29, 1.82) is 0 Å². The van der Waals surface area contributed by atoms with E-state index >= 15 is 0 Å². The first-order chi connectivity index (χ1) is 8.97. The van der Waals surface area contributed by atoms with Crippen molar-refractivity contribution >= 4 is 17.9 Å². The number of rotatable bonds is 4. The zero-order valence-corrected chi connectivity index (χ0v) is 11.3. The largest absolute Gasteiger partial charge is 0.490 e. The lowest BCUT2D eigenvalue weighted by Crippen LogP contribution is -2.45. The van der Waals surface area contributed by atoms with Crippen molar-refractivity contribution < 1.29 is 19.1 Å². The summed E-state index contributed by atoms with van der Waals surface area (Å²) in [6.07, 6.45) is 1.56. The first-order valence-corrected chi connectivity index (χ1v) is 6.24. The van der Waals surface area contributed by atoms with E-state index in [1.807, 2.05) is 6.92 Å². The highest BCUT2D eigenvalue weighted by atomic mass is 16.5. The van der Waals surface area contributed by atoms with Gasteiger partial charge in [0.1, 0.15) is 6.29 Å². The van der Waals surface area contributed by atoms with Crippen LogP contribution >= 0.6 is 0 Å². The van der Waals surface area contributed by atoms with Crippen LogP contribution in [0, 0.1) is 0 Å². The molecule has 1 heterocycles. The number of carbonyl (C=O) groups is 2. The predicted molar refractivity (Wildman–Crippen MR) is 71.0 cm³/mol. The first kappa shape index (κ1) is 13.4. The number of anilines is 1. The minimum absolute atomic E-state index is 0.246. The van der Waals surface area contributed by atoms with Crippen LogP contribution in [-0.2, 0) is 4.79 Å². The fourth-order valence-corrected chi connectivity index (χ4v) is 1.78. The van der Waals surface area contributed by atoms with Gasteiger partial charge in [0.2, 0.25) is 0 Å². The summed E-state index contributed by atoms with van der Waals surface area (Å²) in [5.74, 6) is 0.711. The molecule has 0 atom stereocenters. The van der Waals surface area contributed by atoms with Gasteiger partial charge in [-0.15, -0.1) is 0 Å². The van der Waals surface area contributed by atoms with Crippen molar-refractivity contribution in [3.05, 3.63) is 17.7 Å². The van der Waals surface area contributed by atoms with Crippen LogP contribution in [0.1, 0.15) is 37.6 Å². The first-order valence-electron chi connectivity index (χ1n) is 6.24. The molecule has 1 amide bonds. The molecule has 1 aromatic rings. The molecule has 1 N–H and O–H groups in total. The Labute approximate surface area is 111 Å². The van der Waals surface area contributed by atoms with Gasteiger partial charge in [-0.2, -0.15) is 0 Å². The minimum Gasteiger partial charge on any atom is -0.490 e. The summed E-state index contributed by atoms with van der Waals surface area (Å²) in [6.45, 7) is 5.88. The van der Waals surface area contributed by atoms with Gasteiger partial charge in [-0.1, -0.05) is 6.92 Å². The van der Waals surface area contributed by atoms with Crippen LogP contribution in [0.2, 0.25) is 0 Å². The Kier molecular flexibility index (Phi) is 3.46. The molecule has 19 heavy (non-hydrogen) atoms. The Bertz CT molecular complexity index is 522. The lowest BCUT2D eigenvalue weighted by atomic mass is 10.0. The number of ether oxygens (including phenoxy) is 2. The molecular weight excluding hydrogens is 246 g/mol. The molecule has 5 nitrogen and oxygen atoms in total. The number of carbonyl (C=O) groups excluding carboxylic acids is 2. The van der Waals surface area contributed by atoms with Crippen molar-refractivity contribution in [2.45, 2.75) is 32.8 Å². The summed E-state index contributed by atoms with van der Waals surface area (Å²) >= 11 is 0. The van der Waals surface area contributed by atoms with Crippen molar-refractivity contribution in [2.24, 2.45) is 0 Å². The number of fused-ring (bicyclic) bond motifs is 1. The lowest BCUT2D eigenvalue weighted by molar-refractivity contribution is -0.129. The van der Waals surface area contributed by atoms with E-state index in [4.69, 9.17) is 9.47 Å². The van der Waals surface area contributed by atoms with E-state index in [1.54, 1.807) is 26.0 Å². The quantitative estimate of drug-likeness (QED) is 0.847. The summed E-state index contributed by atoms with van der Waals surface area (Å²) < 4.78 is 11.3. The molecule has 0 saturated heterocycles. The number of amides is 1. The third-order valence-electron chi connectivity index (χ3n) is 2.83. The highest BCUT2D eigenvalue weighted by Crippen LogP contribution is 2.42. The Balaban J connectivity index is 2.47. The second-order valence-electron chi connectivity index (χ2n) is 4.93. The van der Waals surface area contributed by atoms with E-state index in [-0.39, 0.29) is 5.91 Å². The van der Waals surface area contributed by atoms with Gasteiger partial charge in [0.05, 0.1) is 12.3 Å². The van der Waals surface area contributed by atoms with Gasteiger partial charge in [0, 0.05) is 5.56 Å². The van der Waals surface area contributed by atoms with Crippen molar-refractivity contribution in [2.75, 3.05) is 11.9 Å². The summed E-state index contributed by atoms with van der Waals surface area (Å²) in [4.78, 5) is 22.8. The number of benzene rings is 1. The van der Waals surface area contributed by atoms with Gasteiger partial charge in [0.25, 0.3) is 5.91 Å². The molecule has 1 aliphatic heterocycles. The number of aldehydes is 1. The summed E-state index contributed by atoms with van der Waals surface area (Å²) in [5.41, 5.74) is -0.0477. The smallest absolute Gasteiger partial charge is 0.268 e. The third-order valence-corrected chi connectivity index (χ3v) is 2.83. The van der Waals surface area contributed by atoms with Crippen LogP contribution in [0.25, 0.3) is 0 Å². The molecule has 0 unspecified atom stereocenters. The summed E-state index contributed by atoms with van der Waals surface area (Å²) in [6, 6.07) is 3.20. The van der Waals surface area contributed by atoms with Crippen molar-refractivity contribution in [3.63, 3.8) is 0 Å². The van der Waals surface area contributed by atoms with Crippen LogP contribution in [0.5, 0.6) is 11.5 Å². The maximum Gasteiger partial charge on any atom is 0.268 e. The van der Waals surface area contributed by atoms with Crippen LogP contribution in [-0.4, -0.2) is 24.4 Å². The van der Waals surface area contributed by atoms with E-state index in [2.05, 4.69) is 5.32 Å². The van der Waals surface area contributed by atoms with Crippen molar-refractivity contribution in [3.8, 4) is 11.5 Å². The highest BCUT2D eigenvalue weighted by Gasteiger charge is 2.37. The van der Waals surface area contributed by atoms with E-state index in [9.17, 15) is 9.59 Å². The van der Waals surface area contributed by atoms with Crippen LogP contribution in [0.3, 0.4) is 0 Å². The fraction of sp³-hybridized carbons (Fsp3) is 0.429. The summed E-state index contributed by atoms with van der Waals surface area (Å²) in [7, 11) is 0. The molecular formula is C14H17NO4. The molecule has 1 aliphatic rings. The van der Waals surface area contributed by atoms with Gasteiger partial charge in [-0.05, 0) is 32.4 Å². The van der Waals surface area contributed by atoms with Gasteiger partial charge in [0.15, 0.2) is 17.1 Å². The predicted octanol–water partition coefficient (Wildman–Crippen LogP) is 2.40. The zero-order valence-electron chi connectivity index (χ0n) is 11.3. The Morgan fingerprint density at radius 2 is 2.16 bits per heavy atom. The maximum atomic E-state index is 11.8. The maximum absolute atomic E-state index is 11.8. The standard InChI is InChI=1S/C14H17NO4/c1-4-5-18-11-7-9(8-16)6-10-12(11)19-14(2,3)13(17)15-10/h6-8H,4-5H2,1-3H3,(H,15,17). The van der Waals surface area contributed by atoms with Gasteiger partial charge in [-0.25, -0.2) is 0 Å². The minimum atomic E-state index is -0.958. The average molecular weight is 263 g/mol. The third kappa shape index (κ3) is 2.54. The van der Waals surface area contributed by atoms with Gasteiger partial charge < -0.3 is 14.8 Å². The average Bonchev–Trinajstić information content (AvgIpc) is 2.37. The zero-order chi connectivity index (χ0) is 14.0. The molecule has 0 aliphatic carbocycles. The molecule has 0 fully saturated rings. The Morgan fingerprint density at radius 3 is 2.79 bits per heavy atom. The monoisotopic (exact) mass is 263 g/mol. The van der Waals surface area contributed by atoms with E-state index in [1.165, 1.54) is 0 Å². The fourth-order valence-electron chi connectivity index (χ4n) is 1.78. The number of hydrogen-bond donors (Lipinski definition) is 1. The van der Waals surface area contributed by atoms with E-state index < -0.39 is 5.60 Å². The van der Waals surface area contributed by atoms with Crippen LogP contribution < -0.4 is 14.8 Å². The van der Waals surface area contributed by atoms with Crippen LogP contribution in [0.15, 0.2) is 12.1 Å². The lowest BCUT2D eigenvalue weighted by Gasteiger charge is -2.32. The Morgan fingerprint density at radius 1 is 1.42 bits per heavy atom. The number of nitrogens with one attached hydrogen (secondary N) is 1. The molecule has 102 valence electrons. The molecule has 0 spiro atoms. The molecule has 0 radical (unpaired) electrons. The second-order valence-corrected chi connectivity index (χ2v) is 4.93. The normalized spacial score (nSPS) is 16.1. The number of hydrogen-bond acceptors (Lipinski definition) is 4. The van der Waals surface area contributed by atoms with Crippen LogP contribution in [0.4, 0.5) is 5.69 Å². The van der Waals surface area contributed by atoms with Crippen molar-refractivity contribution in [1.82, 2.24) is 0 Å². The van der Waals surface area contributed by atoms with E-state index in [0.29, 0.717) is 35.6 Å². The van der Waals surface area contributed by atoms with Gasteiger partial charge >= 0.3 is 0 Å².